The summed E-state index contributed by atoms with van der Waals surface area (Å²) in [6.45, 7) is 7.81. The highest BCUT2D eigenvalue weighted by atomic mass is 14.9. The second-order valence-corrected chi connectivity index (χ2v) is 4.89. The van der Waals surface area contributed by atoms with Crippen LogP contribution in [0.2, 0.25) is 0 Å². The SMILES string of the molecule is Cc1ccc(C)c(NCCC2CCNC2)c1. The van der Waals surface area contributed by atoms with Crippen molar-refractivity contribution in [2.75, 3.05) is 25.0 Å². The van der Waals surface area contributed by atoms with Gasteiger partial charge in [0.1, 0.15) is 0 Å². The molecule has 0 spiro atoms. The van der Waals surface area contributed by atoms with E-state index in [4.69, 9.17) is 0 Å². The lowest BCUT2D eigenvalue weighted by atomic mass is 10.0. The molecule has 88 valence electrons. The highest BCUT2D eigenvalue weighted by molar-refractivity contribution is 5.52. The highest BCUT2D eigenvalue weighted by Gasteiger charge is 2.13. The first-order valence-electron chi connectivity index (χ1n) is 6.27. The minimum atomic E-state index is 0.873. The molecule has 16 heavy (non-hydrogen) atoms. The van der Waals surface area contributed by atoms with Gasteiger partial charge in [0.15, 0.2) is 0 Å². The predicted octanol–water partition coefficient (Wildman–Crippen LogP) is 2.71. The van der Waals surface area contributed by atoms with Gasteiger partial charge in [-0.25, -0.2) is 0 Å². The molecule has 0 aromatic heterocycles. The molecule has 0 amide bonds. The lowest BCUT2D eigenvalue weighted by molar-refractivity contribution is 0.549. The quantitative estimate of drug-likeness (QED) is 0.812. The Bertz CT molecular complexity index is 341. The average Bonchev–Trinajstić information content (AvgIpc) is 2.76. The van der Waals surface area contributed by atoms with E-state index in [9.17, 15) is 0 Å². The molecule has 1 aliphatic heterocycles. The summed E-state index contributed by atoms with van der Waals surface area (Å²) in [5, 5.41) is 6.97. The molecule has 1 saturated heterocycles. The number of benzene rings is 1. The third-order valence-electron chi connectivity index (χ3n) is 3.42. The molecule has 0 aliphatic carbocycles. The summed E-state index contributed by atoms with van der Waals surface area (Å²) < 4.78 is 0. The van der Waals surface area contributed by atoms with Crippen molar-refractivity contribution < 1.29 is 0 Å². The van der Waals surface area contributed by atoms with Gasteiger partial charge in [0, 0.05) is 12.2 Å². The van der Waals surface area contributed by atoms with E-state index in [1.165, 1.54) is 42.7 Å². The summed E-state index contributed by atoms with van der Waals surface area (Å²) in [4.78, 5) is 0. The summed E-state index contributed by atoms with van der Waals surface area (Å²) in [5.41, 5.74) is 3.97. The molecule has 1 unspecified atom stereocenters. The Kier molecular flexibility index (Phi) is 3.83. The lowest BCUT2D eigenvalue weighted by Gasteiger charge is -2.12. The summed E-state index contributed by atoms with van der Waals surface area (Å²) in [5.74, 6) is 0.873. The van der Waals surface area contributed by atoms with Crippen molar-refractivity contribution in [3.8, 4) is 0 Å². The summed E-state index contributed by atoms with van der Waals surface area (Å²) >= 11 is 0. The molecule has 1 aliphatic rings. The highest BCUT2D eigenvalue weighted by Crippen LogP contribution is 2.17. The van der Waals surface area contributed by atoms with Gasteiger partial charge < -0.3 is 10.6 Å². The number of hydrogen-bond donors (Lipinski definition) is 2. The molecule has 2 nitrogen and oxygen atoms in total. The van der Waals surface area contributed by atoms with Crippen molar-refractivity contribution in [2.24, 2.45) is 5.92 Å². The standard InChI is InChI=1S/C14H22N2/c1-11-3-4-12(2)14(9-11)16-8-6-13-5-7-15-10-13/h3-4,9,13,15-16H,5-8,10H2,1-2H3. The third kappa shape index (κ3) is 2.99. The van der Waals surface area contributed by atoms with Crippen molar-refractivity contribution in [2.45, 2.75) is 26.7 Å². The van der Waals surface area contributed by atoms with Crippen LogP contribution in [-0.4, -0.2) is 19.6 Å². The molecule has 2 heteroatoms. The number of anilines is 1. The largest absolute Gasteiger partial charge is 0.385 e. The first-order valence-corrected chi connectivity index (χ1v) is 6.27. The number of hydrogen-bond acceptors (Lipinski definition) is 2. The summed E-state index contributed by atoms with van der Waals surface area (Å²) in [6, 6.07) is 6.60. The van der Waals surface area contributed by atoms with Gasteiger partial charge in [-0.1, -0.05) is 12.1 Å². The monoisotopic (exact) mass is 218 g/mol. The van der Waals surface area contributed by atoms with Crippen LogP contribution >= 0.6 is 0 Å². The molecule has 1 heterocycles. The third-order valence-corrected chi connectivity index (χ3v) is 3.42. The van der Waals surface area contributed by atoms with Crippen LogP contribution in [0.25, 0.3) is 0 Å². The van der Waals surface area contributed by atoms with Crippen LogP contribution in [0, 0.1) is 19.8 Å². The minimum absolute atomic E-state index is 0.873. The first-order chi connectivity index (χ1) is 7.75. The van der Waals surface area contributed by atoms with Crippen molar-refractivity contribution in [1.82, 2.24) is 5.32 Å². The van der Waals surface area contributed by atoms with Gasteiger partial charge in [-0.05, 0) is 62.9 Å². The summed E-state index contributed by atoms with van der Waals surface area (Å²) in [7, 11) is 0. The Morgan fingerprint density at radius 1 is 1.38 bits per heavy atom. The van der Waals surface area contributed by atoms with Crippen LogP contribution in [-0.2, 0) is 0 Å². The van der Waals surface area contributed by atoms with Crippen LogP contribution in [0.15, 0.2) is 18.2 Å². The molecule has 0 bridgehead atoms. The molecule has 2 N–H and O–H groups in total. The first kappa shape index (κ1) is 11.5. The van der Waals surface area contributed by atoms with Crippen molar-refractivity contribution in [3.05, 3.63) is 29.3 Å². The van der Waals surface area contributed by atoms with E-state index in [2.05, 4.69) is 42.7 Å². The van der Waals surface area contributed by atoms with Gasteiger partial charge >= 0.3 is 0 Å². The van der Waals surface area contributed by atoms with Gasteiger partial charge in [-0.15, -0.1) is 0 Å². The molecule has 0 radical (unpaired) electrons. The number of nitrogens with one attached hydrogen (secondary N) is 2. The maximum Gasteiger partial charge on any atom is 0.0372 e. The zero-order chi connectivity index (χ0) is 11.4. The molecule has 2 rings (SSSR count). The fourth-order valence-electron chi connectivity index (χ4n) is 2.30. The molecular weight excluding hydrogens is 196 g/mol. The Labute approximate surface area is 98.4 Å². The van der Waals surface area contributed by atoms with Crippen LogP contribution in [0.5, 0.6) is 0 Å². The van der Waals surface area contributed by atoms with E-state index in [0.717, 1.165) is 12.5 Å². The van der Waals surface area contributed by atoms with Crippen LogP contribution in [0.3, 0.4) is 0 Å². The maximum absolute atomic E-state index is 3.55. The van der Waals surface area contributed by atoms with Gasteiger partial charge in [-0.2, -0.15) is 0 Å². The van der Waals surface area contributed by atoms with Gasteiger partial charge in [-0.3, -0.25) is 0 Å². The van der Waals surface area contributed by atoms with Crippen molar-refractivity contribution in [3.63, 3.8) is 0 Å². The second kappa shape index (κ2) is 5.35. The smallest absolute Gasteiger partial charge is 0.0372 e. The fraction of sp³-hybridized carbons (Fsp3) is 0.571. The van der Waals surface area contributed by atoms with E-state index in [0.29, 0.717) is 0 Å². The molecular formula is C14H22N2. The normalized spacial score (nSPS) is 20.0. The van der Waals surface area contributed by atoms with E-state index in [1.54, 1.807) is 0 Å². The zero-order valence-electron chi connectivity index (χ0n) is 10.3. The summed E-state index contributed by atoms with van der Waals surface area (Å²) in [6.07, 6.45) is 2.62. The second-order valence-electron chi connectivity index (χ2n) is 4.89. The number of aryl methyl sites for hydroxylation is 2. The van der Waals surface area contributed by atoms with E-state index in [-0.39, 0.29) is 0 Å². The topological polar surface area (TPSA) is 24.1 Å². The number of rotatable bonds is 4. The fourth-order valence-corrected chi connectivity index (χ4v) is 2.30. The van der Waals surface area contributed by atoms with Gasteiger partial charge in [0.05, 0.1) is 0 Å². The Balaban J connectivity index is 1.82. The van der Waals surface area contributed by atoms with Crippen LogP contribution < -0.4 is 10.6 Å². The van der Waals surface area contributed by atoms with Gasteiger partial charge in [0.2, 0.25) is 0 Å². The van der Waals surface area contributed by atoms with E-state index in [1.807, 2.05) is 0 Å². The molecule has 1 fully saturated rings. The van der Waals surface area contributed by atoms with Crippen LogP contribution in [0.1, 0.15) is 24.0 Å². The molecule has 1 atom stereocenters. The van der Waals surface area contributed by atoms with Crippen molar-refractivity contribution in [1.29, 1.82) is 0 Å². The average molecular weight is 218 g/mol. The maximum atomic E-state index is 3.55. The molecule has 1 aromatic carbocycles. The van der Waals surface area contributed by atoms with E-state index >= 15 is 0 Å². The van der Waals surface area contributed by atoms with Crippen LogP contribution in [0.4, 0.5) is 5.69 Å². The van der Waals surface area contributed by atoms with E-state index < -0.39 is 0 Å². The Morgan fingerprint density at radius 2 is 2.25 bits per heavy atom. The predicted molar refractivity (Wildman–Crippen MR) is 70.0 cm³/mol. The molecule has 0 saturated carbocycles. The Hall–Kier alpha value is -1.02. The molecule has 1 aromatic rings. The van der Waals surface area contributed by atoms with Gasteiger partial charge in [0.25, 0.3) is 0 Å². The van der Waals surface area contributed by atoms with Crippen molar-refractivity contribution >= 4 is 5.69 Å². The zero-order valence-corrected chi connectivity index (χ0v) is 10.3. The lowest BCUT2D eigenvalue weighted by Crippen LogP contribution is -2.13. The Morgan fingerprint density at radius 3 is 3.00 bits per heavy atom. The minimum Gasteiger partial charge on any atom is -0.385 e.